The number of fused-ring (bicyclic) bond motifs is 2. The van der Waals surface area contributed by atoms with Crippen molar-refractivity contribution in [2.45, 2.75) is 0 Å². The summed E-state index contributed by atoms with van der Waals surface area (Å²) in [7, 11) is 0. The summed E-state index contributed by atoms with van der Waals surface area (Å²) in [5, 5.41) is 29.9. The van der Waals surface area contributed by atoms with E-state index in [0.29, 0.717) is 35.3 Å². The lowest BCUT2D eigenvalue weighted by atomic mass is 10.0. The van der Waals surface area contributed by atoms with Crippen molar-refractivity contribution in [3.8, 4) is 5.88 Å². The number of halogens is 2. The van der Waals surface area contributed by atoms with E-state index in [1.807, 2.05) is 0 Å². The van der Waals surface area contributed by atoms with E-state index < -0.39 is 10.7 Å². The fourth-order valence-electron chi connectivity index (χ4n) is 4.10. The van der Waals surface area contributed by atoms with Gasteiger partial charge in [-0.2, -0.15) is 0 Å². The number of piperazine rings is 1. The van der Waals surface area contributed by atoms with E-state index in [0.717, 1.165) is 26.2 Å². The van der Waals surface area contributed by atoms with Crippen LogP contribution in [0.2, 0.25) is 0 Å². The van der Waals surface area contributed by atoms with Crippen LogP contribution in [0.3, 0.4) is 0 Å². The highest BCUT2D eigenvalue weighted by Gasteiger charge is 2.30. The predicted octanol–water partition coefficient (Wildman–Crippen LogP) is 3.10. The molecule has 3 N–H and O–H groups in total. The highest BCUT2D eigenvalue weighted by Crippen LogP contribution is 2.37. The van der Waals surface area contributed by atoms with E-state index >= 15 is 0 Å². The van der Waals surface area contributed by atoms with Crippen LogP contribution < -0.4 is 5.32 Å². The molecule has 0 aliphatic carbocycles. The minimum atomic E-state index is -0.512. The van der Waals surface area contributed by atoms with Gasteiger partial charge in [0, 0.05) is 61.3 Å². The maximum atomic E-state index is 14.0. The van der Waals surface area contributed by atoms with Gasteiger partial charge in [-0.1, -0.05) is 5.16 Å². The molecule has 0 spiro atoms. The Balaban J connectivity index is 0.00000274. The minimum Gasteiger partial charge on any atom is -0.494 e. The standard InChI is InChI=1S/C22H21FN6O4.ClH/c23-13-1-3-18-16(11-13)20(27-33-10-9-28-7-5-24-6-8-28)21(25-18)19-15-12-14(29(31)32)2-4-17(15)26-22(19)30;/h1-4,11-12,24,26,30H,5-10H2;1H/b27-20+;. The number of H-pyrrole nitrogens is 1. The molecule has 34 heavy (non-hydrogen) atoms. The summed E-state index contributed by atoms with van der Waals surface area (Å²) in [5.41, 5.74) is 2.01. The first-order chi connectivity index (χ1) is 16.0. The molecule has 0 unspecified atom stereocenters. The first-order valence-electron chi connectivity index (χ1n) is 10.5. The van der Waals surface area contributed by atoms with Gasteiger partial charge in [-0.3, -0.25) is 15.0 Å². The molecule has 1 fully saturated rings. The Kier molecular flexibility index (Phi) is 6.77. The number of hydrogen-bond donors (Lipinski definition) is 3. The molecule has 2 aliphatic rings. The van der Waals surface area contributed by atoms with Crippen molar-refractivity contribution >= 4 is 46.1 Å². The lowest BCUT2D eigenvalue weighted by Gasteiger charge is -2.26. The second-order valence-corrected chi connectivity index (χ2v) is 7.82. The summed E-state index contributed by atoms with van der Waals surface area (Å²) in [5.74, 6) is -0.677. The van der Waals surface area contributed by atoms with E-state index in [1.165, 1.54) is 36.4 Å². The second kappa shape index (κ2) is 9.75. The molecule has 2 aromatic carbocycles. The number of hydrogen-bond acceptors (Lipinski definition) is 8. The van der Waals surface area contributed by atoms with Gasteiger partial charge in [-0.05, 0) is 24.3 Å². The van der Waals surface area contributed by atoms with Gasteiger partial charge >= 0.3 is 0 Å². The first kappa shape index (κ1) is 23.6. The predicted molar refractivity (Wildman–Crippen MR) is 128 cm³/mol. The maximum absolute atomic E-state index is 14.0. The van der Waals surface area contributed by atoms with Crippen molar-refractivity contribution in [1.29, 1.82) is 0 Å². The average molecular weight is 489 g/mol. The molecule has 0 radical (unpaired) electrons. The minimum absolute atomic E-state index is 0. The number of aromatic nitrogens is 1. The number of non-ortho nitro benzene ring substituents is 1. The van der Waals surface area contributed by atoms with Crippen molar-refractivity contribution < 1.29 is 19.3 Å². The first-order valence-corrected chi connectivity index (χ1v) is 10.5. The summed E-state index contributed by atoms with van der Waals surface area (Å²) in [6.45, 7) is 4.69. The summed E-state index contributed by atoms with van der Waals surface area (Å²) >= 11 is 0. The molecule has 2 aliphatic heterocycles. The Bertz CT molecular complexity index is 1300. The van der Waals surface area contributed by atoms with Gasteiger partial charge in [0.25, 0.3) is 5.69 Å². The number of aromatic amines is 1. The molecule has 5 rings (SSSR count). The average Bonchev–Trinajstić information content (AvgIpc) is 3.32. The van der Waals surface area contributed by atoms with E-state index in [9.17, 15) is 19.6 Å². The molecular formula is C22H22ClFN6O4. The lowest BCUT2D eigenvalue weighted by Crippen LogP contribution is -2.44. The third kappa shape index (κ3) is 4.45. The van der Waals surface area contributed by atoms with E-state index in [-0.39, 0.29) is 41.0 Å². The van der Waals surface area contributed by atoms with E-state index in [1.54, 1.807) is 0 Å². The van der Waals surface area contributed by atoms with Crippen LogP contribution in [0.1, 0.15) is 11.1 Å². The van der Waals surface area contributed by atoms with E-state index in [4.69, 9.17) is 4.84 Å². The van der Waals surface area contributed by atoms with Gasteiger partial charge in [0.05, 0.1) is 16.2 Å². The van der Waals surface area contributed by atoms with Crippen molar-refractivity contribution in [3.63, 3.8) is 0 Å². The van der Waals surface area contributed by atoms with E-state index in [2.05, 4.69) is 25.3 Å². The molecule has 0 saturated carbocycles. The van der Waals surface area contributed by atoms with Gasteiger partial charge < -0.3 is 20.2 Å². The van der Waals surface area contributed by atoms with Crippen LogP contribution in [-0.2, 0) is 4.84 Å². The number of aromatic hydroxyl groups is 1. The second-order valence-electron chi connectivity index (χ2n) is 7.82. The highest BCUT2D eigenvalue weighted by atomic mass is 35.5. The Labute approximate surface area is 199 Å². The molecule has 0 bridgehead atoms. The largest absolute Gasteiger partial charge is 0.494 e. The molecule has 0 amide bonds. The SMILES string of the molecule is Cl.O=[N+]([O-])c1ccc2[nH]c(O)c(C3=Nc4ccc(F)cc4/C3=N\OCCN3CCNCC3)c2c1. The van der Waals surface area contributed by atoms with Gasteiger partial charge in [0.15, 0.2) is 5.88 Å². The lowest BCUT2D eigenvalue weighted by molar-refractivity contribution is -0.384. The molecule has 1 aromatic heterocycles. The zero-order valence-electron chi connectivity index (χ0n) is 18.0. The van der Waals surface area contributed by atoms with Crippen molar-refractivity contribution in [3.05, 3.63) is 63.5 Å². The highest BCUT2D eigenvalue weighted by molar-refractivity contribution is 6.58. The van der Waals surface area contributed by atoms with Gasteiger partial charge in [0.2, 0.25) is 0 Å². The number of nitro benzene ring substituents is 1. The zero-order valence-corrected chi connectivity index (χ0v) is 18.8. The van der Waals surface area contributed by atoms with Crippen LogP contribution in [0.15, 0.2) is 46.5 Å². The molecule has 178 valence electrons. The zero-order chi connectivity index (χ0) is 22.9. The number of aliphatic imine (C=N–C) groups is 1. The normalized spacial score (nSPS) is 16.9. The monoisotopic (exact) mass is 488 g/mol. The third-order valence-corrected chi connectivity index (χ3v) is 5.74. The van der Waals surface area contributed by atoms with Gasteiger partial charge in [-0.25, -0.2) is 9.38 Å². The van der Waals surface area contributed by atoms with Crippen LogP contribution in [0.5, 0.6) is 5.88 Å². The van der Waals surface area contributed by atoms with Gasteiger partial charge in [0.1, 0.15) is 23.8 Å². The number of benzene rings is 2. The van der Waals surface area contributed by atoms with Crippen molar-refractivity contribution in [1.82, 2.24) is 15.2 Å². The maximum Gasteiger partial charge on any atom is 0.270 e. The molecule has 1 saturated heterocycles. The summed E-state index contributed by atoms with van der Waals surface area (Å²) < 4.78 is 14.0. The molecule has 10 nitrogen and oxygen atoms in total. The summed E-state index contributed by atoms with van der Waals surface area (Å²) in [4.78, 5) is 25.9. The van der Waals surface area contributed by atoms with Crippen molar-refractivity contribution in [2.24, 2.45) is 10.1 Å². The smallest absolute Gasteiger partial charge is 0.270 e. The molecular weight excluding hydrogens is 467 g/mol. The van der Waals surface area contributed by atoms with Crippen molar-refractivity contribution in [2.75, 3.05) is 39.3 Å². The number of nitrogens with one attached hydrogen (secondary N) is 2. The number of nitrogens with zero attached hydrogens (tertiary/aromatic N) is 4. The van der Waals surface area contributed by atoms with Gasteiger partial charge in [-0.15, -0.1) is 12.4 Å². The Morgan fingerprint density at radius 1 is 1.24 bits per heavy atom. The fourth-order valence-corrected chi connectivity index (χ4v) is 4.10. The number of nitro groups is 1. The fraction of sp³-hybridized carbons (Fsp3) is 0.273. The van der Waals surface area contributed by atoms with Crippen LogP contribution in [0.25, 0.3) is 10.9 Å². The Morgan fingerprint density at radius 3 is 2.79 bits per heavy atom. The third-order valence-electron chi connectivity index (χ3n) is 5.74. The van der Waals surface area contributed by atoms with Crippen LogP contribution in [0.4, 0.5) is 15.8 Å². The van der Waals surface area contributed by atoms with Crippen LogP contribution >= 0.6 is 12.4 Å². The summed E-state index contributed by atoms with van der Waals surface area (Å²) in [6, 6.07) is 8.32. The Morgan fingerprint density at radius 2 is 2.03 bits per heavy atom. The Hall–Kier alpha value is -3.54. The molecule has 3 heterocycles. The van der Waals surface area contributed by atoms with Crippen LogP contribution in [-0.4, -0.2) is 70.7 Å². The topological polar surface area (TPSA) is 128 Å². The number of rotatable bonds is 6. The number of oxime groups is 1. The molecule has 0 atom stereocenters. The summed E-state index contributed by atoms with van der Waals surface area (Å²) in [6.07, 6.45) is 0. The quantitative estimate of drug-likeness (QED) is 0.278. The van der Waals surface area contributed by atoms with Crippen LogP contribution in [0, 0.1) is 15.9 Å². The molecule has 3 aromatic rings. The molecule has 12 heteroatoms.